The third kappa shape index (κ3) is 3.56. The standard InChI is InChI=1S/C13H15N3OS/c1-9-2-4-10(5-3-9)15-12(17)7-6-11-8-18-13(14)16-11/h2-5,8H,6-7H2,1H3,(H2,14,16)(H,15,17). The van der Waals surface area contributed by atoms with Gasteiger partial charge in [-0.1, -0.05) is 17.7 Å². The van der Waals surface area contributed by atoms with Crippen LogP contribution in [0.2, 0.25) is 0 Å². The van der Waals surface area contributed by atoms with Gasteiger partial charge < -0.3 is 11.1 Å². The van der Waals surface area contributed by atoms with E-state index < -0.39 is 0 Å². The van der Waals surface area contributed by atoms with Crippen LogP contribution in [0.5, 0.6) is 0 Å². The lowest BCUT2D eigenvalue weighted by Crippen LogP contribution is -2.12. The predicted molar refractivity (Wildman–Crippen MR) is 74.7 cm³/mol. The Morgan fingerprint density at radius 3 is 2.72 bits per heavy atom. The van der Waals surface area contributed by atoms with Crippen LogP contribution < -0.4 is 11.1 Å². The molecule has 2 aromatic rings. The number of nitrogens with two attached hydrogens (primary N) is 1. The Hall–Kier alpha value is -1.88. The van der Waals surface area contributed by atoms with Gasteiger partial charge in [0.2, 0.25) is 5.91 Å². The first-order chi connectivity index (χ1) is 8.63. The second-order valence-corrected chi connectivity index (χ2v) is 4.98. The van der Waals surface area contributed by atoms with Gasteiger partial charge in [-0.15, -0.1) is 11.3 Å². The van der Waals surface area contributed by atoms with Gasteiger partial charge in [0.15, 0.2) is 5.13 Å². The first-order valence-electron chi connectivity index (χ1n) is 5.70. The van der Waals surface area contributed by atoms with Crippen molar-refractivity contribution in [3.63, 3.8) is 0 Å². The summed E-state index contributed by atoms with van der Waals surface area (Å²) in [5.41, 5.74) is 8.40. The van der Waals surface area contributed by atoms with E-state index in [9.17, 15) is 4.79 Å². The van der Waals surface area contributed by atoms with Crippen molar-refractivity contribution in [1.82, 2.24) is 4.98 Å². The number of rotatable bonds is 4. The van der Waals surface area contributed by atoms with E-state index in [2.05, 4.69) is 10.3 Å². The number of benzene rings is 1. The number of hydrogen-bond acceptors (Lipinski definition) is 4. The average molecular weight is 261 g/mol. The van der Waals surface area contributed by atoms with Crippen LogP contribution in [0, 0.1) is 6.92 Å². The minimum atomic E-state index is -0.00887. The summed E-state index contributed by atoms with van der Waals surface area (Å²) in [6.07, 6.45) is 1.03. The highest BCUT2D eigenvalue weighted by atomic mass is 32.1. The lowest BCUT2D eigenvalue weighted by atomic mass is 10.2. The van der Waals surface area contributed by atoms with Crippen molar-refractivity contribution in [2.45, 2.75) is 19.8 Å². The lowest BCUT2D eigenvalue weighted by molar-refractivity contribution is -0.116. The van der Waals surface area contributed by atoms with E-state index in [1.807, 2.05) is 36.6 Å². The van der Waals surface area contributed by atoms with E-state index in [4.69, 9.17) is 5.73 Å². The van der Waals surface area contributed by atoms with E-state index in [1.54, 1.807) is 0 Å². The molecule has 18 heavy (non-hydrogen) atoms. The van der Waals surface area contributed by atoms with Gasteiger partial charge in [0, 0.05) is 17.5 Å². The normalized spacial score (nSPS) is 10.3. The Morgan fingerprint density at radius 1 is 1.39 bits per heavy atom. The fourth-order valence-electron chi connectivity index (χ4n) is 1.54. The van der Waals surface area contributed by atoms with E-state index in [1.165, 1.54) is 16.9 Å². The molecule has 2 rings (SSSR count). The van der Waals surface area contributed by atoms with Gasteiger partial charge in [0.1, 0.15) is 0 Å². The van der Waals surface area contributed by atoms with Crippen molar-refractivity contribution in [3.8, 4) is 0 Å². The van der Waals surface area contributed by atoms with Gasteiger partial charge in [-0.2, -0.15) is 0 Å². The zero-order valence-electron chi connectivity index (χ0n) is 10.1. The molecular formula is C13H15N3OS. The fourth-order valence-corrected chi connectivity index (χ4v) is 2.14. The number of anilines is 2. The monoisotopic (exact) mass is 261 g/mol. The van der Waals surface area contributed by atoms with E-state index in [0.717, 1.165) is 11.4 Å². The summed E-state index contributed by atoms with van der Waals surface area (Å²) in [6, 6.07) is 7.73. The zero-order chi connectivity index (χ0) is 13.0. The number of thiazole rings is 1. The van der Waals surface area contributed by atoms with Crippen molar-refractivity contribution in [1.29, 1.82) is 0 Å². The number of carbonyl (C=O) groups is 1. The highest BCUT2D eigenvalue weighted by molar-refractivity contribution is 7.13. The Bertz CT molecular complexity index is 533. The molecule has 0 radical (unpaired) electrons. The number of carbonyl (C=O) groups excluding carboxylic acids is 1. The van der Waals surface area contributed by atoms with Gasteiger partial charge in [0.25, 0.3) is 0 Å². The summed E-state index contributed by atoms with van der Waals surface area (Å²) < 4.78 is 0. The number of nitrogens with zero attached hydrogens (tertiary/aromatic N) is 1. The molecule has 0 saturated carbocycles. The fraction of sp³-hybridized carbons (Fsp3) is 0.231. The Kier molecular flexibility index (Phi) is 3.94. The van der Waals surface area contributed by atoms with Gasteiger partial charge in [-0.25, -0.2) is 4.98 Å². The molecule has 0 aliphatic heterocycles. The quantitative estimate of drug-likeness (QED) is 0.889. The largest absolute Gasteiger partial charge is 0.375 e. The molecular weight excluding hydrogens is 246 g/mol. The molecule has 0 spiro atoms. The topological polar surface area (TPSA) is 68.0 Å². The highest BCUT2D eigenvalue weighted by Gasteiger charge is 2.05. The van der Waals surface area contributed by atoms with Crippen LogP contribution in [0.4, 0.5) is 10.8 Å². The third-order valence-corrected chi connectivity index (χ3v) is 3.24. The third-order valence-electron chi connectivity index (χ3n) is 2.51. The van der Waals surface area contributed by atoms with Crippen molar-refractivity contribution in [2.24, 2.45) is 0 Å². The molecule has 3 N–H and O–H groups in total. The maximum Gasteiger partial charge on any atom is 0.224 e. The molecule has 0 bridgehead atoms. The van der Waals surface area contributed by atoms with Gasteiger partial charge in [-0.05, 0) is 25.5 Å². The van der Waals surface area contributed by atoms with Crippen molar-refractivity contribution in [3.05, 3.63) is 40.9 Å². The number of nitrogen functional groups attached to an aromatic ring is 1. The van der Waals surface area contributed by atoms with Crippen molar-refractivity contribution >= 4 is 28.1 Å². The molecule has 0 atom stereocenters. The molecule has 4 nitrogen and oxygen atoms in total. The molecule has 1 aromatic carbocycles. The van der Waals surface area contributed by atoms with Gasteiger partial charge in [0.05, 0.1) is 5.69 Å². The van der Waals surface area contributed by atoms with Crippen LogP contribution in [0.3, 0.4) is 0 Å². The summed E-state index contributed by atoms with van der Waals surface area (Å²) in [6.45, 7) is 2.01. The predicted octanol–water partition coefficient (Wildman–Crippen LogP) is 2.61. The van der Waals surface area contributed by atoms with Gasteiger partial charge >= 0.3 is 0 Å². The first-order valence-corrected chi connectivity index (χ1v) is 6.58. The number of aromatic nitrogens is 1. The number of aryl methyl sites for hydroxylation is 2. The molecule has 1 amide bonds. The molecule has 0 fully saturated rings. The summed E-state index contributed by atoms with van der Waals surface area (Å²) in [5, 5.41) is 5.28. The molecule has 1 heterocycles. The van der Waals surface area contributed by atoms with Crippen molar-refractivity contribution in [2.75, 3.05) is 11.1 Å². The smallest absolute Gasteiger partial charge is 0.224 e. The summed E-state index contributed by atoms with van der Waals surface area (Å²) in [7, 11) is 0. The van der Waals surface area contributed by atoms with Crippen LogP contribution in [0.15, 0.2) is 29.6 Å². The Labute approximate surface area is 110 Å². The molecule has 0 aliphatic rings. The molecule has 0 unspecified atom stereocenters. The van der Waals surface area contributed by atoms with Crippen LogP contribution in [-0.4, -0.2) is 10.9 Å². The minimum absolute atomic E-state index is 0.00887. The van der Waals surface area contributed by atoms with E-state index in [0.29, 0.717) is 18.0 Å². The SMILES string of the molecule is Cc1ccc(NC(=O)CCc2csc(N)n2)cc1. The minimum Gasteiger partial charge on any atom is -0.375 e. The zero-order valence-corrected chi connectivity index (χ0v) is 11.0. The van der Waals surface area contributed by atoms with Crippen molar-refractivity contribution < 1.29 is 4.79 Å². The van der Waals surface area contributed by atoms with Crippen LogP contribution in [0.25, 0.3) is 0 Å². The van der Waals surface area contributed by atoms with Crippen LogP contribution >= 0.6 is 11.3 Å². The molecule has 0 saturated heterocycles. The Balaban J connectivity index is 1.83. The number of nitrogens with one attached hydrogen (secondary N) is 1. The molecule has 94 valence electrons. The van der Waals surface area contributed by atoms with Crippen LogP contribution in [-0.2, 0) is 11.2 Å². The van der Waals surface area contributed by atoms with Crippen LogP contribution in [0.1, 0.15) is 17.7 Å². The second kappa shape index (κ2) is 5.64. The average Bonchev–Trinajstić information content (AvgIpc) is 2.76. The summed E-state index contributed by atoms with van der Waals surface area (Å²) in [5.74, 6) is -0.00887. The lowest BCUT2D eigenvalue weighted by Gasteiger charge is -2.04. The summed E-state index contributed by atoms with van der Waals surface area (Å²) in [4.78, 5) is 15.8. The Morgan fingerprint density at radius 2 is 2.11 bits per heavy atom. The molecule has 1 aromatic heterocycles. The number of amides is 1. The second-order valence-electron chi connectivity index (χ2n) is 4.09. The highest BCUT2D eigenvalue weighted by Crippen LogP contribution is 2.13. The first kappa shape index (κ1) is 12.6. The summed E-state index contributed by atoms with van der Waals surface area (Å²) >= 11 is 1.40. The molecule has 5 heteroatoms. The maximum absolute atomic E-state index is 11.7. The van der Waals surface area contributed by atoms with Gasteiger partial charge in [-0.3, -0.25) is 4.79 Å². The van der Waals surface area contributed by atoms with E-state index in [-0.39, 0.29) is 5.91 Å². The number of hydrogen-bond donors (Lipinski definition) is 2. The maximum atomic E-state index is 11.7. The molecule has 0 aliphatic carbocycles. The van der Waals surface area contributed by atoms with E-state index >= 15 is 0 Å².